The summed E-state index contributed by atoms with van der Waals surface area (Å²) in [6.07, 6.45) is 1.86. The quantitative estimate of drug-likeness (QED) is 0.159. The zero-order valence-corrected chi connectivity index (χ0v) is 27.7. The van der Waals surface area contributed by atoms with Crippen LogP contribution in [0.5, 0.6) is 0 Å². The highest BCUT2D eigenvalue weighted by Crippen LogP contribution is 2.29. The molecular formula is C37H42FN3O4S. The molecule has 242 valence electrons. The summed E-state index contributed by atoms with van der Waals surface area (Å²) >= 11 is 0. The number of hydrogen-bond acceptors (Lipinski definition) is 4. The molecule has 0 aliphatic heterocycles. The number of aryl methyl sites for hydroxylation is 3. The fourth-order valence-electron chi connectivity index (χ4n) is 5.28. The van der Waals surface area contributed by atoms with E-state index >= 15 is 0 Å². The first-order valence-electron chi connectivity index (χ1n) is 15.5. The van der Waals surface area contributed by atoms with Crippen LogP contribution in [0, 0.1) is 26.6 Å². The molecule has 1 N–H and O–H groups in total. The number of sulfonamides is 1. The van der Waals surface area contributed by atoms with Crippen LogP contribution in [-0.2, 0) is 32.6 Å². The topological polar surface area (TPSA) is 86.8 Å². The number of anilines is 1. The number of carbonyl (C=O) groups is 2. The van der Waals surface area contributed by atoms with Gasteiger partial charge in [-0.1, -0.05) is 91.2 Å². The minimum atomic E-state index is -4.20. The van der Waals surface area contributed by atoms with Crippen LogP contribution in [0.2, 0.25) is 0 Å². The van der Waals surface area contributed by atoms with Crippen molar-refractivity contribution < 1.29 is 22.4 Å². The van der Waals surface area contributed by atoms with E-state index in [1.54, 1.807) is 43.3 Å². The Balaban J connectivity index is 1.81. The van der Waals surface area contributed by atoms with Crippen LogP contribution in [0.4, 0.5) is 10.1 Å². The Morgan fingerprint density at radius 2 is 1.48 bits per heavy atom. The summed E-state index contributed by atoms with van der Waals surface area (Å²) in [5.74, 6) is -1.33. The molecule has 0 aliphatic rings. The zero-order chi connectivity index (χ0) is 33.3. The van der Waals surface area contributed by atoms with Crippen molar-refractivity contribution in [2.75, 3.05) is 17.4 Å². The Labute approximate surface area is 272 Å². The van der Waals surface area contributed by atoms with Gasteiger partial charge in [-0.3, -0.25) is 13.9 Å². The third kappa shape index (κ3) is 8.81. The van der Waals surface area contributed by atoms with Crippen molar-refractivity contribution in [2.24, 2.45) is 0 Å². The lowest BCUT2D eigenvalue weighted by Crippen LogP contribution is -2.53. The molecular weight excluding hydrogens is 601 g/mol. The maximum absolute atomic E-state index is 14.5. The predicted molar refractivity (Wildman–Crippen MR) is 180 cm³/mol. The molecule has 0 aliphatic carbocycles. The molecule has 0 saturated heterocycles. The number of rotatable bonds is 14. The lowest BCUT2D eigenvalue weighted by Gasteiger charge is -2.34. The molecule has 0 aromatic heterocycles. The summed E-state index contributed by atoms with van der Waals surface area (Å²) in [7, 11) is -4.20. The number of halogens is 1. The Hall–Kier alpha value is -4.50. The summed E-state index contributed by atoms with van der Waals surface area (Å²) in [6, 6.07) is 26.0. The number of hydrogen-bond donors (Lipinski definition) is 1. The average molecular weight is 644 g/mol. The lowest BCUT2D eigenvalue weighted by molar-refractivity contribution is -0.140. The molecule has 46 heavy (non-hydrogen) atoms. The third-order valence-electron chi connectivity index (χ3n) is 7.88. The van der Waals surface area contributed by atoms with Crippen molar-refractivity contribution in [1.29, 1.82) is 0 Å². The first-order valence-corrected chi connectivity index (χ1v) is 17.0. The highest BCUT2D eigenvalue weighted by molar-refractivity contribution is 7.92. The molecule has 0 spiro atoms. The van der Waals surface area contributed by atoms with Crippen LogP contribution in [0.3, 0.4) is 0 Å². The van der Waals surface area contributed by atoms with Gasteiger partial charge in [-0.15, -0.1) is 0 Å². The van der Waals surface area contributed by atoms with Crippen molar-refractivity contribution in [2.45, 2.75) is 64.4 Å². The molecule has 7 nitrogen and oxygen atoms in total. The van der Waals surface area contributed by atoms with Gasteiger partial charge in [0.05, 0.1) is 10.6 Å². The van der Waals surface area contributed by atoms with Crippen molar-refractivity contribution in [3.8, 4) is 0 Å². The summed E-state index contributed by atoms with van der Waals surface area (Å²) in [5.41, 5.74) is 4.35. The van der Waals surface area contributed by atoms with Gasteiger partial charge in [0.15, 0.2) is 0 Å². The van der Waals surface area contributed by atoms with E-state index in [1.165, 1.54) is 29.2 Å². The van der Waals surface area contributed by atoms with Crippen molar-refractivity contribution in [3.05, 3.63) is 131 Å². The standard InChI is InChI=1S/C37H42FN3O4S/c1-5-6-22-39-37(43)35(24-30-10-8-7-9-11-30)40(25-31-15-17-32(38)18-16-31)36(42)26-41(34-21-14-28(3)23-29(34)4)46(44,45)33-19-12-27(2)13-20-33/h7-21,23,35H,5-6,22,24-26H2,1-4H3,(H,39,43)/t35-/m0/s1. The number of benzene rings is 4. The average Bonchev–Trinajstić information content (AvgIpc) is 3.03. The van der Waals surface area contributed by atoms with Crippen molar-refractivity contribution in [3.63, 3.8) is 0 Å². The SMILES string of the molecule is CCCCNC(=O)[C@H](Cc1ccccc1)N(Cc1ccc(F)cc1)C(=O)CN(c1ccc(C)cc1C)S(=O)(=O)c1ccc(C)cc1. The first-order chi connectivity index (χ1) is 22.0. The molecule has 2 amide bonds. The molecule has 1 atom stereocenters. The van der Waals surface area contributed by atoms with Gasteiger partial charge in [-0.05, 0) is 74.2 Å². The van der Waals surface area contributed by atoms with E-state index in [2.05, 4.69) is 5.32 Å². The second-order valence-electron chi connectivity index (χ2n) is 11.6. The number of nitrogens with zero attached hydrogens (tertiary/aromatic N) is 2. The summed E-state index contributed by atoms with van der Waals surface area (Å²) in [4.78, 5) is 29.8. The van der Waals surface area contributed by atoms with Gasteiger partial charge in [-0.2, -0.15) is 0 Å². The monoisotopic (exact) mass is 643 g/mol. The maximum atomic E-state index is 14.5. The second kappa shape index (κ2) is 15.7. The fraction of sp³-hybridized carbons (Fsp3) is 0.297. The lowest BCUT2D eigenvalue weighted by atomic mass is 10.0. The number of unbranched alkanes of at least 4 members (excludes halogenated alkanes) is 1. The second-order valence-corrected chi connectivity index (χ2v) is 13.5. The fourth-order valence-corrected chi connectivity index (χ4v) is 6.76. The highest BCUT2D eigenvalue weighted by atomic mass is 32.2. The first kappa shape index (κ1) is 34.4. The molecule has 0 radical (unpaired) electrons. The molecule has 0 bridgehead atoms. The van der Waals surface area contributed by atoms with Crippen molar-refractivity contribution >= 4 is 27.5 Å². The number of amides is 2. The van der Waals surface area contributed by atoms with Crippen LogP contribution in [-0.4, -0.2) is 44.3 Å². The predicted octanol–water partition coefficient (Wildman–Crippen LogP) is 6.50. The Morgan fingerprint density at radius 3 is 2.11 bits per heavy atom. The van der Waals surface area contributed by atoms with Crippen LogP contribution in [0.1, 0.15) is 47.6 Å². The van der Waals surface area contributed by atoms with Crippen molar-refractivity contribution in [1.82, 2.24) is 10.2 Å². The van der Waals surface area contributed by atoms with Crippen LogP contribution in [0.15, 0.2) is 102 Å². The highest BCUT2D eigenvalue weighted by Gasteiger charge is 2.35. The molecule has 0 heterocycles. The molecule has 0 fully saturated rings. The Morgan fingerprint density at radius 1 is 0.826 bits per heavy atom. The zero-order valence-electron chi connectivity index (χ0n) is 26.9. The van der Waals surface area contributed by atoms with Gasteiger partial charge < -0.3 is 10.2 Å². The summed E-state index contributed by atoms with van der Waals surface area (Å²) in [6.45, 7) is 7.48. The summed E-state index contributed by atoms with van der Waals surface area (Å²) < 4.78 is 43.5. The maximum Gasteiger partial charge on any atom is 0.264 e. The third-order valence-corrected chi connectivity index (χ3v) is 9.65. The molecule has 4 aromatic carbocycles. The van der Waals surface area contributed by atoms with Crippen LogP contribution < -0.4 is 9.62 Å². The van der Waals surface area contributed by atoms with Gasteiger partial charge in [0.1, 0.15) is 18.4 Å². The van der Waals surface area contributed by atoms with E-state index in [1.807, 2.05) is 57.2 Å². The minimum absolute atomic E-state index is 0.0247. The molecule has 4 aromatic rings. The minimum Gasteiger partial charge on any atom is -0.354 e. The van der Waals surface area contributed by atoms with Gasteiger partial charge in [0.2, 0.25) is 11.8 Å². The normalized spacial score (nSPS) is 11.9. The molecule has 9 heteroatoms. The van der Waals surface area contributed by atoms with Gasteiger partial charge in [0, 0.05) is 19.5 Å². The van der Waals surface area contributed by atoms with Gasteiger partial charge >= 0.3 is 0 Å². The smallest absolute Gasteiger partial charge is 0.264 e. The van der Waals surface area contributed by atoms with E-state index in [0.717, 1.165) is 33.8 Å². The Kier molecular flexibility index (Phi) is 11.7. The molecule has 4 rings (SSSR count). The van der Waals surface area contributed by atoms with E-state index in [4.69, 9.17) is 0 Å². The van der Waals surface area contributed by atoms with Gasteiger partial charge in [0.25, 0.3) is 10.0 Å². The van der Waals surface area contributed by atoms with E-state index in [0.29, 0.717) is 23.4 Å². The van der Waals surface area contributed by atoms with Crippen LogP contribution in [0.25, 0.3) is 0 Å². The number of nitrogens with one attached hydrogen (secondary N) is 1. The van der Waals surface area contributed by atoms with Gasteiger partial charge in [-0.25, -0.2) is 12.8 Å². The van der Waals surface area contributed by atoms with E-state index in [-0.39, 0.29) is 23.8 Å². The molecule has 0 saturated carbocycles. The molecule has 0 unspecified atom stereocenters. The Bertz CT molecular complexity index is 1730. The summed E-state index contributed by atoms with van der Waals surface area (Å²) in [5, 5.41) is 2.97. The number of carbonyl (C=O) groups excluding carboxylic acids is 2. The van der Waals surface area contributed by atoms with E-state index < -0.39 is 34.3 Å². The van der Waals surface area contributed by atoms with Crippen LogP contribution >= 0.6 is 0 Å². The largest absolute Gasteiger partial charge is 0.354 e. The van der Waals surface area contributed by atoms with E-state index in [9.17, 15) is 22.4 Å².